The molecule has 1 aliphatic heterocycles. The third kappa shape index (κ3) is 4.73. The highest BCUT2D eigenvalue weighted by Crippen LogP contribution is 2.25. The zero-order valence-corrected chi connectivity index (χ0v) is 18.8. The number of sulfonamides is 1. The van der Waals surface area contributed by atoms with Crippen LogP contribution in [-0.4, -0.2) is 41.9 Å². The molecule has 9 heteroatoms. The van der Waals surface area contributed by atoms with Crippen LogP contribution in [0, 0.1) is 19.8 Å². The Kier molecular flexibility index (Phi) is 6.38. The van der Waals surface area contributed by atoms with Crippen LogP contribution in [0.1, 0.15) is 29.9 Å². The summed E-state index contributed by atoms with van der Waals surface area (Å²) in [6.45, 7) is 4.30. The molecule has 1 fully saturated rings. The molecular formula is C23H25N3O5S. The van der Waals surface area contributed by atoms with Crippen LogP contribution in [-0.2, 0) is 26.2 Å². The summed E-state index contributed by atoms with van der Waals surface area (Å²) < 4.78 is 37.6. The van der Waals surface area contributed by atoms with Crippen LogP contribution in [0.15, 0.2) is 57.9 Å². The van der Waals surface area contributed by atoms with Gasteiger partial charge in [-0.05, 0) is 44.4 Å². The largest absolute Gasteiger partial charge is 0.455 e. The van der Waals surface area contributed by atoms with Crippen LogP contribution in [0.4, 0.5) is 0 Å². The summed E-state index contributed by atoms with van der Waals surface area (Å²) in [5, 5.41) is 3.96. The Balaban J connectivity index is 1.31. The van der Waals surface area contributed by atoms with E-state index in [-0.39, 0.29) is 42.4 Å². The van der Waals surface area contributed by atoms with Gasteiger partial charge in [-0.25, -0.2) is 8.42 Å². The van der Waals surface area contributed by atoms with Gasteiger partial charge >= 0.3 is 5.97 Å². The van der Waals surface area contributed by atoms with Crippen molar-refractivity contribution in [2.75, 3.05) is 13.1 Å². The van der Waals surface area contributed by atoms with Gasteiger partial charge in [0.2, 0.25) is 15.8 Å². The fraction of sp³-hybridized carbons (Fsp3) is 0.348. The Morgan fingerprint density at radius 3 is 2.47 bits per heavy atom. The first kappa shape index (κ1) is 22.2. The second kappa shape index (κ2) is 9.22. The van der Waals surface area contributed by atoms with E-state index < -0.39 is 10.0 Å². The molecule has 0 amide bonds. The van der Waals surface area contributed by atoms with E-state index in [0.29, 0.717) is 18.7 Å². The first-order valence-corrected chi connectivity index (χ1v) is 11.9. The zero-order chi connectivity index (χ0) is 22.7. The number of ether oxygens (including phenoxy) is 1. The van der Waals surface area contributed by atoms with Crippen LogP contribution in [0.2, 0.25) is 0 Å². The molecule has 168 valence electrons. The molecule has 32 heavy (non-hydrogen) atoms. The normalized spacial score (nSPS) is 15.6. The number of aromatic nitrogens is 2. The predicted octanol–water partition coefficient (Wildman–Crippen LogP) is 3.50. The molecule has 1 saturated heterocycles. The SMILES string of the molecule is Cc1ccc(S(=O)(=O)N2CCC(C(=O)OCc3nc(-c4ccccc4C)no3)CC2)cc1. The van der Waals surface area contributed by atoms with Crippen molar-refractivity contribution >= 4 is 16.0 Å². The van der Waals surface area contributed by atoms with Gasteiger partial charge in [0.05, 0.1) is 10.8 Å². The van der Waals surface area contributed by atoms with E-state index in [9.17, 15) is 13.2 Å². The Hall–Kier alpha value is -3.04. The van der Waals surface area contributed by atoms with Crippen molar-refractivity contribution in [1.29, 1.82) is 0 Å². The van der Waals surface area contributed by atoms with Gasteiger partial charge in [-0.1, -0.05) is 47.1 Å². The van der Waals surface area contributed by atoms with Gasteiger partial charge in [-0.2, -0.15) is 9.29 Å². The van der Waals surface area contributed by atoms with Crippen LogP contribution in [0.5, 0.6) is 0 Å². The molecule has 1 aliphatic rings. The molecule has 0 unspecified atom stereocenters. The molecule has 2 aromatic carbocycles. The lowest BCUT2D eigenvalue weighted by Crippen LogP contribution is -2.40. The summed E-state index contributed by atoms with van der Waals surface area (Å²) in [4.78, 5) is 17.1. The van der Waals surface area contributed by atoms with Crippen LogP contribution in [0.3, 0.4) is 0 Å². The van der Waals surface area contributed by atoms with Gasteiger partial charge in [0.15, 0.2) is 6.61 Å². The van der Waals surface area contributed by atoms with Gasteiger partial charge in [0.25, 0.3) is 5.89 Å². The Bertz CT molecular complexity index is 1200. The van der Waals surface area contributed by atoms with Gasteiger partial charge in [0.1, 0.15) is 0 Å². The average molecular weight is 456 g/mol. The molecule has 2 heterocycles. The second-order valence-corrected chi connectivity index (χ2v) is 9.86. The van der Waals surface area contributed by atoms with Crippen LogP contribution in [0.25, 0.3) is 11.4 Å². The number of benzene rings is 2. The smallest absolute Gasteiger partial charge is 0.309 e. The quantitative estimate of drug-likeness (QED) is 0.524. The Morgan fingerprint density at radius 1 is 1.09 bits per heavy atom. The second-order valence-electron chi connectivity index (χ2n) is 7.93. The number of aryl methyl sites for hydroxylation is 2. The predicted molar refractivity (Wildman–Crippen MR) is 117 cm³/mol. The van der Waals surface area contributed by atoms with E-state index in [4.69, 9.17) is 9.26 Å². The molecule has 0 atom stereocenters. The average Bonchev–Trinajstić information content (AvgIpc) is 3.27. The van der Waals surface area contributed by atoms with Crippen molar-refractivity contribution in [3.63, 3.8) is 0 Å². The van der Waals surface area contributed by atoms with E-state index in [1.165, 1.54) is 4.31 Å². The summed E-state index contributed by atoms with van der Waals surface area (Å²) in [6.07, 6.45) is 0.810. The minimum Gasteiger partial charge on any atom is -0.455 e. The van der Waals surface area contributed by atoms with Gasteiger partial charge in [-0.3, -0.25) is 4.79 Å². The minimum absolute atomic E-state index is 0.112. The molecule has 3 aromatic rings. The van der Waals surface area contributed by atoms with E-state index in [1.54, 1.807) is 24.3 Å². The summed E-state index contributed by atoms with van der Waals surface area (Å²) in [5.74, 6) is -0.0778. The minimum atomic E-state index is -3.56. The van der Waals surface area contributed by atoms with Crippen molar-refractivity contribution in [2.24, 2.45) is 5.92 Å². The summed E-state index contributed by atoms with van der Waals surface area (Å²) >= 11 is 0. The summed E-state index contributed by atoms with van der Waals surface area (Å²) in [7, 11) is -3.56. The van der Waals surface area contributed by atoms with E-state index in [0.717, 1.165) is 16.7 Å². The number of carbonyl (C=O) groups excluding carboxylic acids is 1. The van der Waals surface area contributed by atoms with Crippen molar-refractivity contribution in [2.45, 2.75) is 38.2 Å². The lowest BCUT2D eigenvalue weighted by molar-refractivity contribution is -0.152. The number of rotatable bonds is 6. The highest BCUT2D eigenvalue weighted by Gasteiger charge is 2.33. The number of hydrogen-bond acceptors (Lipinski definition) is 7. The Labute approximate surface area is 187 Å². The lowest BCUT2D eigenvalue weighted by Gasteiger charge is -2.30. The standard InChI is InChI=1S/C23H25N3O5S/c1-16-7-9-19(10-8-16)32(28,29)26-13-11-18(12-14-26)23(27)30-15-21-24-22(25-31-21)20-6-4-3-5-17(20)2/h3-10,18H,11-15H2,1-2H3. The summed E-state index contributed by atoms with van der Waals surface area (Å²) in [6, 6.07) is 14.5. The molecule has 0 radical (unpaired) electrons. The van der Waals surface area contributed by atoms with Gasteiger partial charge in [0, 0.05) is 18.7 Å². The molecule has 0 N–H and O–H groups in total. The van der Waals surface area contributed by atoms with Crippen LogP contribution >= 0.6 is 0 Å². The molecule has 1 aromatic heterocycles. The fourth-order valence-corrected chi connectivity index (χ4v) is 5.16. The lowest BCUT2D eigenvalue weighted by atomic mass is 9.98. The van der Waals surface area contributed by atoms with Crippen molar-refractivity contribution in [3.05, 3.63) is 65.5 Å². The van der Waals surface area contributed by atoms with Crippen molar-refractivity contribution < 1.29 is 22.5 Å². The number of piperidine rings is 1. The maximum atomic E-state index is 12.8. The summed E-state index contributed by atoms with van der Waals surface area (Å²) in [5.41, 5.74) is 2.87. The highest BCUT2D eigenvalue weighted by atomic mass is 32.2. The van der Waals surface area contributed by atoms with Crippen molar-refractivity contribution in [3.8, 4) is 11.4 Å². The van der Waals surface area contributed by atoms with E-state index in [1.807, 2.05) is 38.1 Å². The molecule has 0 bridgehead atoms. The van der Waals surface area contributed by atoms with Crippen LogP contribution < -0.4 is 0 Å². The third-order valence-corrected chi connectivity index (χ3v) is 7.55. The Morgan fingerprint density at radius 2 is 1.78 bits per heavy atom. The zero-order valence-electron chi connectivity index (χ0n) is 18.0. The third-order valence-electron chi connectivity index (χ3n) is 5.64. The number of esters is 1. The topological polar surface area (TPSA) is 103 Å². The molecule has 0 aliphatic carbocycles. The maximum absolute atomic E-state index is 12.8. The highest BCUT2D eigenvalue weighted by molar-refractivity contribution is 7.89. The number of carbonyl (C=O) groups is 1. The number of nitrogens with zero attached hydrogens (tertiary/aromatic N) is 3. The van der Waals surface area contributed by atoms with Gasteiger partial charge < -0.3 is 9.26 Å². The first-order valence-electron chi connectivity index (χ1n) is 10.5. The molecule has 8 nitrogen and oxygen atoms in total. The molecule has 4 rings (SSSR count). The van der Waals surface area contributed by atoms with Crippen molar-refractivity contribution in [1.82, 2.24) is 14.4 Å². The molecule has 0 saturated carbocycles. The molecule has 0 spiro atoms. The first-order chi connectivity index (χ1) is 15.3. The fourth-order valence-electron chi connectivity index (χ4n) is 3.69. The maximum Gasteiger partial charge on any atom is 0.309 e. The van der Waals surface area contributed by atoms with Gasteiger partial charge in [-0.15, -0.1) is 0 Å². The van der Waals surface area contributed by atoms with E-state index >= 15 is 0 Å². The number of hydrogen-bond donors (Lipinski definition) is 0. The van der Waals surface area contributed by atoms with E-state index in [2.05, 4.69) is 10.1 Å². The monoisotopic (exact) mass is 455 g/mol. The molecular weight excluding hydrogens is 430 g/mol.